The molecule has 0 radical (unpaired) electrons. The van der Waals surface area contributed by atoms with Crippen molar-refractivity contribution in [1.82, 2.24) is 9.88 Å². The van der Waals surface area contributed by atoms with Crippen LogP contribution in [-0.4, -0.2) is 29.4 Å². The van der Waals surface area contributed by atoms with Gasteiger partial charge in [0.05, 0.1) is 18.7 Å². The summed E-state index contributed by atoms with van der Waals surface area (Å²) in [6.07, 6.45) is 4.17. The molecule has 4 rings (SSSR count). The molecule has 1 aromatic heterocycles. The lowest BCUT2D eigenvalue weighted by Crippen LogP contribution is -2.39. The van der Waals surface area contributed by atoms with Gasteiger partial charge in [-0.2, -0.15) is 0 Å². The van der Waals surface area contributed by atoms with Crippen LogP contribution in [0.15, 0.2) is 67.0 Å². The number of hydrogen-bond acceptors (Lipinski definition) is 3. The maximum atomic E-state index is 12.9. The number of ether oxygens (including phenoxy) is 1. The SMILES string of the molecule is COc1ccc(-c2cccc3c2CCN(C(=O)c2cccnc2)C3C)cc1. The molecule has 27 heavy (non-hydrogen) atoms. The van der Waals surface area contributed by atoms with Crippen LogP contribution in [0.25, 0.3) is 11.1 Å². The van der Waals surface area contributed by atoms with E-state index in [-0.39, 0.29) is 11.9 Å². The molecule has 0 saturated heterocycles. The first-order valence-electron chi connectivity index (χ1n) is 9.16. The molecule has 0 saturated carbocycles. The van der Waals surface area contributed by atoms with E-state index in [0.29, 0.717) is 12.1 Å². The van der Waals surface area contributed by atoms with E-state index >= 15 is 0 Å². The van der Waals surface area contributed by atoms with Crippen molar-refractivity contribution in [3.63, 3.8) is 0 Å². The first kappa shape index (κ1) is 17.3. The molecule has 0 N–H and O–H groups in total. The maximum Gasteiger partial charge on any atom is 0.255 e. The number of benzene rings is 2. The Kier molecular flexibility index (Phi) is 4.63. The predicted molar refractivity (Wildman–Crippen MR) is 106 cm³/mol. The monoisotopic (exact) mass is 358 g/mol. The number of rotatable bonds is 3. The van der Waals surface area contributed by atoms with Gasteiger partial charge in [-0.1, -0.05) is 30.3 Å². The molecule has 136 valence electrons. The Labute approximate surface area is 159 Å². The Hall–Kier alpha value is -3.14. The smallest absolute Gasteiger partial charge is 0.255 e. The second kappa shape index (κ2) is 7.23. The lowest BCUT2D eigenvalue weighted by molar-refractivity contribution is 0.0677. The first-order chi connectivity index (χ1) is 13.2. The number of carbonyl (C=O) groups excluding carboxylic acids is 1. The number of fused-ring (bicyclic) bond motifs is 1. The van der Waals surface area contributed by atoms with Gasteiger partial charge in [0.2, 0.25) is 0 Å². The van der Waals surface area contributed by atoms with Crippen molar-refractivity contribution >= 4 is 5.91 Å². The first-order valence-corrected chi connectivity index (χ1v) is 9.16. The average Bonchev–Trinajstić information content (AvgIpc) is 2.74. The molecule has 4 nitrogen and oxygen atoms in total. The van der Waals surface area contributed by atoms with Crippen LogP contribution < -0.4 is 4.74 Å². The minimum Gasteiger partial charge on any atom is -0.497 e. The van der Waals surface area contributed by atoms with E-state index in [0.717, 1.165) is 12.2 Å². The second-order valence-corrected chi connectivity index (χ2v) is 6.77. The standard InChI is InChI=1S/C23H22N2O2/c1-16-20-6-3-7-21(17-8-10-19(27-2)11-9-17)22(20)12-14-25(16)23(26)18-5-4-13-24-15-18/h3-11,13,15-16H,12,14H2,1-2H3. The average molecular weight is 358 g/mol. The van der Waals surface area contributed by atoms with E-state index in [2.05, 4.69) is 42.2 Å². The van der Waals surface area contributed by atoms with Crippen LogP contribution in [0.1, 0.15) is 34.5 Å². The van der Waals surface area contributed by atoms with Crippen molar-refractivity contribution in [2.75, 3.05) is 13.7 Å². The van der Waals surface area contributed by atoms with Gasteiger partial charge in [-0.15, -0.1) is 0 Å². The highest BCUT2D eigenvalue weighted by atomic mass is 16.5. The molecule has 1 aliphatic rings. The summed E-state index contributed by atoms with van der Waals surface area (Å²) in [6.45, 7) is 2.80. The molecule has 3 aromatic rings. The van der Waals surface area contributed by atoms with E-state index in [1.165, 1.54) is 22.3 Å². The maximum absolute atomic E-state index is 12.9. The Morgan fingerprint density at radius 1 is 1.11 bits per heavy atom. The van der Waals surface area contributed by atoms with Crippen LogP contribution in [0.4, 0.5) is 0 Å². The van der Waals surface area contributed by atoms with Gasteiger partial charge < -0.3 is 9.64 Å². The van der Waals surface area contributed by atoms with Crippen molar-refractivity contribution in [1.29, 1.82) is 0 Å². The van der Waals surface area contributed by atoms with Crippen molar-refractivity contribution in [2.45, 2.75) is 19.4 Å². The molecule has 0 aliphatic carbocycles. The Bertz CT molecular complexity index is 952. The molecule has 0 bridgehead atoms. The summed E-state index contributed by atoms with van der Waals surface area (Å²) in [5.41, 5.74) is 5.58. The van der Waals surface area contributed by atoms with Crippen molar-refractivity contribution in [3.05, 3.63) is 83.7 Å². The summed E-state index contributed by atoms with van der Waals surface area (Å²) >= 11 is 0. The minimum absolute atomic E-state index is 0.0275. The van der Waals surface area contributed by atoms with Gasteiger partial charge in [0, 0.05) is 18.9 Å². The number of nitrogens with zero attached hydrogens (tertiary/aromatic N) is 2. The highest BCUT2D eigenvalue weighted by Gasteiger charge is 2.29. The fraction of sp³-hybridized carbons (Fsp3) is 0.217. The summed E-state index contributed by atoms with van der Waals surface area (Å²) in [6, 6.07) is 18.2. The zero-order valence-corrected chi connectivity index (χ0v) is 15.6. The lowest BCUT2D eigenvalue weighted by atomic mass is 9.87. The van der Waals surface area contributed by atoms with Crippen molar-refractivity contribution < 1.29 is 9.53 Å². The Morgan fingerprint density at radius 3 is 2.63 bits per heavy atom. The quantitative estimate of drug-likeness (QED) is 0.691. The fourth-order valence-corrected chi connectivity index (χ4v) is 3.84. The van der Waals surface area contributed by atoms with Crippen LogP contribution in [0, 0.1) is 0 Å². The molecule has 0 fully saturated rings. The number of aromatic nitrogens is 1. The minimum atomic E-state index is 0.0275. The van der Waals surface area contributed by atoms with E-state index in [1.807, 2.05) is 23.1 Å². The van der Waals surface area contributed by atoms with Crippen LogP contribution in [0.2, 0.25) is 0 Å². The molecular formula is C23H22N2O2. The van der Waals surface area contributed by atoms with Crippen molar-refractivity contribution in [3.8, 4) is 16.9 Å². The number of amides is 1. The summed E-state index contributed by atoms with van der Waals surface area (Å²) < 4.78 is 5.27. The molecule has 1 aliphatic heterocycles. The number of methoxy groups -OCH3 is 1. The van der Waals surface area contributed by atoms with Gasteiger partial charge in [0.25, 0.3) is 5.91 Å². The Morgan fingerprint density at radius 2 is 1.93 bits per heavy atom. The lowest BCUT2D eigenvalue weighted by Gasteiger charge is -2.36. The molecule has 1 amide bonds. The second-order valence-electron chi connectivity index (χ2n) is 6.77. The topological polar surface area (TPSA) is 42.4 Å². The fourth-order valence-electron chi connectivity index (χ4n) is 3.84. The highest BCUT2D eigenvalue weighted by Crippen LogP contribution is 2.36. The zero-order chi connectivity index (χ0) is 18.8. The van der Waals surface area contributed by atoms with Crippen LogP contribution in [0.5, 0.6) is 5.75 Å². The van der Waals surface area contributed by atoms with Crippen LogP contribution in [0.3, 0.4) is 0 Å². The van der Waals surface area contributed by atoms with E-state index in [4.69, 9.17) is 4.74 Å². The summed E-state index contributed by atoms with van der Waals surface area (Å²) in [5, 5.41) is 0. The third-order valence-electron chi connectivity index (χ3n) is 5.30. The summed E-state index contributed by atoms with van der Waals surface area (Å²) in [7, 11) is 1.68. The third kappa shape index (κ3) is 3.19. The summed E-state index contributed by atoms with van der Waals surface area (Å²) in [5.74, 6) is 0.890. The van der Waals surface area contributed by atoms with Crippen LogP contribution >= 0.6 is 0 Å². The van der Waals surface area contributed by atoms with E-state index in [9.17, 15) is 4.79 Å². The van der Waals surface area contributed by atoms with Crippen molar-refractivity contribution in [2.24, 2.45) is 0 Å². The predicted octanol–water partition coefficient (Wildman–Crippen LogP) is 4.52. The molecular weight excluding hydrogens is 336 g/mol. The Balaban J connectivity index is 1.67. The van der Waals surface area contributed by atoms with Gasteiger partial charge in [-0.05, 0) is 59.9 Å². The van der Waals surface area contributed by atoms with Gasteiger partial charge in [0.15, 0.2) is 0 Å². The zero-order valence-electron chi connectivity index (χ0n) is 15.6. The third-order valence-corrected chi connectivity index (χ3v) is 5.30. The van der Waals surface area contributed by atoms with E-state index < -0.39 is 0 Å². The van der Waals surface area contributed by atoms with Crippen LogP contribution in [-0.2, 0) is 6.42 Å². The molecule has 4 heteroatoms. The van der Waals surface area contributed by atoms with Gasteiger partial charge in [-0.25, -0.2) is 0 Å². The molecule has 0 spiro atoms. The molecule has 1 atom stereocenters. The summed E-state index contributed by atoms with van der Waals surface area (Å²) in [4.78, 5) is 18.9. The number of hydrogen-bond donors (Lipinski definition) is 0. The molecule has 1 unspecified atom stereocenters. The number of pyridine rings is 1. The number of carbonyl (C=O) groups is 1. The van der Waals surface area contributed by atoms with E-state index in [1.54, 1.807) is 25.6 Å². The molecule has 2 heterocycles. The van der Waals surface area contributed by atoms with Gasteiger partial charge in [-0.3, -0.25) is 9.78 Å². The largest absolute Gasteiger partial charge is 0.497 e. The van der Waals surface area contributed by atoms with Gasteiger partial charge >= 0.3 is 0 Å². The molecule has 2 aromatic carbocycles. The van der Waals surface area contributed by atoms with Gasteiger partial charge in [0.1, 0.15) is 5.75 Å². The highest BCUT2D eigenvalue weighted by molar-refractivity contribution is 5.94. The normalized spacial score (nSPS) is 15.9.